The number of hydrogen-bond donors (Lipinski definition) is 1. The maximum absolute atomic E-state index is 6.06. The van der Waals surface area contributed by atoms with Crippen LogP contribution >= 0.6 is 0 Å². The first kappa shape index (κ1) is 11.0. The van der Waals surface area contributed by atoms with E-state index in [0.29, 0.717) is 6.04 Å². The van der Waals surface area contributed by atoms with Crippen LogP contribution in [-0.4, -0.2) is 43.3 Å². The first-order chi connectivity index (χ1) is 6.05. The van der Waals surface area contributed by atoms with Gasteiger partial charge < -0.3 is 10.5 Å². The van der Waals surface area contributed by atoms with Gasteiger partial charge in [0, 0.05) is 31.8 Å². The molecule has 1 atom stereocenters. The predicted molar refractivity (Wildman–Crippen MR) is 54.7 cm³/mol. The van der Waals surface area contributed by atoms with Gasteiger partial charge >= 0.3 is 0 Å². The number of nitrogens with two attached hydrogens (primary N) is 1. The molecule has 0 aromatic heterocycles. The lowest BCUT2D eigenvalue weighted by Crippen LogP contribution is -2.51. The van der Waals surface area contributed by atoms with Crippen LogP contribution in [0.4, 0.5) is 0 Å². The zero-order valence-electron chi connectivity index (χ0n) is 9.05. The number of hydrogen-bond acceptors (Lipinski definition) is 3. The van der Waals surface area contributed by atoms with Crippen molar-refractivity contribution in [3.63, 3.8) is 0 Å². The quantitative estimate of drug-likeness (QED) is 0.709. The van der Waals surface area contributed by atoms with Crippen molar-refractivity contribution in [2.75, 3.05) is 26.8 Å². The van der Waals surface area contributed by atoms with Crippen molar-refractivity contribution in [2.24, 2.45) is 5.73 Å². The van der Waals surface area contributed by atoms with Gasteiger partial charge in [0.1, 0.15) is 0 Å². The van der Waals surface area contributed by atoms with Gasteiger partial charge in [-0.2, -0.15) is 0 Å². The second kappa shape index (κ2) is 4.40. The van der Waals surface area contributed by atoms with E-state index in [-0.39, 0.29) is 5.54 Å². The Hall–Kier alpha value is -0.120. The minimum Gasteiger partial charge on any atom is -0.383 e. The van der Waals surface area contributed by atoms with E-state index in [1.807, 2.05) is 0 Å². The highest BCUT2D eigenvalue weighted by atomic mass is 16.5. The topological polar surface area (TPSA) is 38.5 Å². The zero-order valence-corrected chi connectivity index (χ0v) is 9.05. The van der Waals surface area contributed by atoms with Crippen molar-refractivity contribution in [3.8, 4) is 0 Å². The molecule has 1 saturated heterocycles. The van der Waals surface area contributed by atoms with Crippen LogP contribution in [0.2, 0.25) is 0 Å². The number of rotatable bonds is 3. The Morgan fingerprint density at radius 2 is 2.00 bits per heavy atom. The summed E-state index contributed by atoms with van der Waals surface area (Å²) in [5, 5.41) is 0. The third-order valence-electron chi connectivity index (χ3n) is 2.97. The van der Waals surface area contributed by atoms with E-state index in [4.69, 9.17) is 10.5 Å². The average Bonchev–Trinajstić information content (AvgIpc) is 2.04. The third-order valence-corrected chi connectivity index (χ3v) is 2.97. The Balaban J connectivity index is 2.32. The lowest BCUT2D eigenvalue weighted by Gasteiger charge is -2.39. The molecule has 0 aromatic carbocycles. The van der Waals surface area contributed by atoms with Crippen molar-refractivity contribution in [2.45, 2.75) is 38.3 Å². The van der Waals surface area contributed by atoms with Crippen molar-refractivity contribution < 1.29 is 4.74 Å². The van der Waals surface area contributed by atoms with Gasteiger partial charge in [0.25, 0.3) is 0 Å². The first-order valence-corrected chi connectivity index (χ1v) is 5.07. The molecule has 3 nitrogen and oxygen atoms in total. The maximum Gasteiger partial charge on any atom is 0.0615 e. The Kier molecular flexibility index (Phi) is 3.71. The van der Waals surface area contributed by atoms with Crippen LogP contribution in [0.25, 0.3) is 0 Å². The van der Waals surface area contributed by atoms with Gasteiger partial charge in [-0.05, 0) is 26.7 Å². The summed E-state index contributed by atoms with van der Waals surface area (Å²) in [6.45, 7) is 7.39. The summed E-state index contributed by atoms with van der Waals surface area (Å²) in [6.07, 6.45) is 2.20. The smallest absolute Gasteiger partial charge is 0.0615 e. The van der Waals surface area contributed by atoms with Crippen molar-refractivity contribution in [1.82, 2.24) is 4.90 Å². The number of nitrogens with zero attached hydrogens (tertiary/aromatic N) is 1. The first-order valence-electron chi connectivity index (χ1n) is 5.07. The van der Waals surface area contributed by atoms with E-state index in [0.717, 1.165) is 32.5 Å². The number of piperidine rings is 1. The summed E-state index contributed by atoms with van der Waals surface area (Å²) in [5.41, 5.74) is 6.12. The van der Waals surface area contributed by atoms with E-state index in [9.17, 15) is 0 Å². The summed E-state index contributed by atoms with van der Waals surface area (Å²) in [6, 6.07) is 0.529. The van der Waals surface area contributed by atoms with Crippen LogP contribution in [0.1, 0.15) is 26.7 Å². The van der Waals surface area contributed by atoms with E-state index in [1.54, 1.807) is 7.11 Å². The molecule has 3 heteroatoms. The van der Waals surface area contributed by atoms with Gasteiger partial charge in [0.15, 0.2) is 0 Å². The molecule has 78 valence electrons. The zero-order chi connectivity index (χ0) is 9.90. The highest BCUT2D eigenvalue weighted by Crippen LogP contribution is 2.20. The Labute approximate surface area is 81.2 Å². The van der Waals surface area contributed by atoms with Crippen molar-refractivity contribution >= 4 is 0 Å². The fraction of sp³-hybridized carbons (Fsp3) is 1.00. The van der Waals surface area contributed by atoms with E-state index in [1.165, 1.54) is 0 Å². The molecule has 1 aliphatic heterocycles. The number of methoxy groups -OCH3 is 1. The molecule has 2 N–H and O–H groups in total. The molecule has 0 aliphatic carbocycles. The molecule has 0 radical (unpaired) electrons. The predicted octanol–water partition coefficient (Wildman–Crippen LogP) is 0.835. The molecular formula is C10H22N2O. The van der Waals surface area contributed by atoms with E-state index < -0.39 is 0 Å². The van der Waals surface area contributed by atoms with Gasteiger partial charge in [-0.15, -0.1) is 0 Å². The summed E-state index contributed by atoms with van der Waals surface area (Å²) in [7, 11) is 1.76. The second-order valence-electron chi connectivity index (χ2n) is 4.49. The number of likely N-dealkylation sites (tertiary alicyclic amines) is 1. The molecule has 0 saturated carbocycles. The average molecular weight is 186 g/mol. The molecule has 1 rings (SSSR count). The number of ether oxygens (including phenoxy) is 1. The minimum atomic E-state index is 0.0588. The van der Waals surface area contributed by atoms with Crippen LogP contribution in [0.5, 0.6) is 0 Å². The van der Waals surface area contributed by atoms with Gasteiger partial charge in [-0.25, -0.2) is 0 Å². The Morgan fingerprint density at radius 3 is 2.46 bits per heavy atom. The third kappa shape index (κ3) is 3.25. The Morgan fingerprint density at radius 1 is 1.46 bits per heavy atom. The SMILES string of the molecule is COCC(C)N1CCC(C)(N)CC1. The van der Waals surface area contributed by atoms with Crippen LogP contribution in [0.15, 0.2) is 0 Å². The van der Waals surface area contributed by atoms with Gasteiger partial charge in [-0.3, -0.25) is 4.90 Å². The van der Waals surface area contributed by atoms with Crippen LogP contribution in [0.3, 0.4) is 0 Å². The monoisotopic (exact) mass is 186 g/mol. The highest BCUT2D eigenvalue weighted by Gasteiger charge is 2.27. The van der Waals surface area contributed by atoms with E-state index in [2.05, 4.69) is 18.7 Å². The summed E-state index contributed by atoms with van der Waals surface area (Å²) in [5.74, 6) is 0. The molecule has 1 aliphatic rings. The molecule has 0 aromatic rings. The van der Waals surface area contributed by atoms with Crippen molar-refractivity contribution in [1.29, 1.82) is 0 Å². The second-order valence-corrected chi connectivity index (χ2v) is 4.49. The highest BCUT2D eigenvalue weighted by molar-refractivity contribution is 4.87. The van der Waals surface area contributed by atoms with Gasteiger partial charge in [0.05, 0.1) is 6.61 Å². The lowest BCUT2D eigenvalue weighted by molar-refractivity contribution is 0.0700. The minimum absolute atomic E-state index is 0.0588. The summed E-state index contributed by atoms with van der Waals surface area (Å²) < 4.78 is 5.14. The van der Waals surface area contributed by atoms with Crippen LogP contribution < -0.4 is 5.73 Å². The largest absolute Gasteiger partial charge is 0.383 e. The molecule has 0 amide bonds. The van der Waals surface area contributed by atoms with Crippen LogP contribution in [0, 0.1) is 0 Å². The molecule has 1 unspecified atom stereocenters. The fourth-order valence-corrected chi connectivity index (χ4v) is 1.82. The Bertz CT molecular complexity index is 149. The molecule has 13 heavy (non-hydrogen) atoms. The summed E-state index contributed by atoms with van der Waals surface area (Å²) in [4.78, 5) is 2.46. The maximum atomic E-state index is 6.06. The molecular weight excluding hydrogens is 164 g/mol. The van der Waals surface area contributed by atoms with Crippen molar-refractivity contribution in [3.05, 3.63) is 0 Å². The summed E-state index contributed by atoms with van der Waals surface area (Å²) >= 11 is 0. The molecule has 0 spiro atoms. The van der Waals surface area contributed by atoms with E-state index >= 15 is 0 Å². The normalized spacial score (nSPS) is 25.8. The lowest BCUT2D eigenvalue weighted by atomic mass is 9.90. The van der Waals surface area contributed by atoms with Crippen LogP contribution in [-0.2, 0) is 4.74 Å². The molecule has 0 bridgehead atoms. The molecule has 1 heterocycles. The molecule has 1 fully saturated rings. The van der Waals surface area contributed by atoms with Gasteiger partial charge in [0.2, 0.25) is 0 Å². The standard InChI is InChI=1S/C10H22N2O/c1-9(8-13-3)12-6-4-10(2,11)5-7-12/h9H,4-8,11H2,1-3H3. The fourth-order valence-electron chi connectivity index (χ4n) is 1.82. The van der Waals surface area contributed by atoms with Gasteiger partial charge in [-0.1, -0.05) is 0 Å².